The second-order valence-corrected chi connectivity index (χ2v) is 12.2. The Balaban J connectivity index is 1.54. The molecule has 4 rings (SSSR count). The Morgan fingerprint density at radius 2 is 1.44 bits per heavy atom. The molecule has 0 heterocycles. The normalized spacial score (nSPS) is 11.4. The van der Waals surface area contributed by atoms with E-state index >= 15 is 0 Å². The lowest BCUT2D eigenvalue weighted by atomic mass is 10.3. The van der Waals surface area contributed by atoms with Crippen molar-refractivity contribution >= 4 is 54.6 Å². The number of nitrogens with one attached hydrogen (secondary N) is 2. The van der Waals surface area contributed by atoms with Crippen molar-refractivity contribution in [2.75, 3.05) is 28.0 Å². The molecule has 0 fully saturated rings. The van der Waals surface area contributed by atoms with Gasteiger partial charge in [-0.15, -0.1) is 0 Å². The Kier molecular flexibility index (Phi) is 8.44. The molecular formula is C27H24ClN3O6S2. The van der Waals surface area contributed by atoms with Gasteiger partial charge in [0.05, 0.1) is 22.6 Å². The highest BCUT2D eigenvalue weighted by Gasteiger charge is 2.27. The molecule has 0 aliphatic heterocycles. The van der Waals surface area contributed by atoms with E-state index in [0.717, 1.165) is 4.31 Å². The SMILES string of the molecule is COc1ccc(S(=O)(=O)N(CC(=O)Nc2ccc(S(=O)(=O)Nc3ccccc3)cc2)c2cccc(Cl)c2)cc1. The van der Waals surface area contributed by atoms with Gasteiger partial charge in [-0.25, -0.2) is 16.8 Å². The van der Waals surface area contributed by atoms with Gasteiger partial charge in [0.2, 0.25) is 5.91 Å². The third-order valence-electron chi connectivity index (χ3n) is 5.51. The predicted molar refractivity (Wildman–Crippen MR) is 151 cm³/mol. The molecule has 9 nitrogen and oxygen atoms in total. The van der Waals surface area contributed by atoms with Crippen LogP contribution in [0.1, 0.15) is 0 Å². The summed E-state index contributed by atoms with van der Waals surface area (Å²) in [5, 5.41) is 2.91. The second kappa shape index (κ2) is 11.8. The minimum absolute atomic E-state index is 0.00742. The topological polar surface area (TPSA) is 122 Å². The molecule has 0 aromatic heterocycles. The molecule has 4 aromatic carbocycles. The van der Waals surface area contributed by atoms with E-state index in [1.165, 1.54) is 67.8 Å². The summed E-state index contributed by atoms with van der Waals surface area (Å²) in [6.45, 7) is -0.565. The summed E-state index contributed by atoms with van der Waals surface area (Å²) in [4.78, 5) is 12.9. The van der Waals surface area contributed by atoms with Crippen molar-refractivity contribution in [2.24, 2.45) is 0 Å². The summed E-state index contributed by atoms with van der Waals surface area (Å²) in [6, 6.07) is 25.8. The Morgan fingerprint density at radius 3 is 2.05 bits per heavy atom. The number of sulfonamides is 2. The van der Waals surface area contributed by atoms with E-state index in [0.29, 0.717) is 16.5 Å². The Labute approximate surface area is 232 Å². The number of nitrogens with zero attached hydrogens (tertiary/aromatic N) is 1. The van der Waals surface area contributed by atoms with Gasteiger partial charge in [-0.3, -0.25) is 13.8 Å². The van der Waals surface area contributed by atoms with Crippen LogP contribution >= 0.6 is 11.6 Å². The third-order valence-corrected chi connectivity index (χ3v) is 8.93. The van der Waals surface area contributed by atoms with Gasteiger partial charge >= 0.3 is 0 Å². The molecule has 0 saturated heterocycles. The minimum Gasteiger partial charge on any atom is -0.497 e. The maximum absolute atomic E-state index is 13.5. The Bertz CT molecular complexity index is 1660. The predicted octanol–water partition coefficient (Wildman–Crippen LogP) is 4.98. The summed E-state index contributed by atoms with van der Waals surface area (Å²) < 4.78 is 60.9. The molecule has 0 unspecified atom stereocenters. The van der Waals surface area contributed by atoms with Gasteiger partial charge in [-0.05, 0) is 78.9 Å². The molecule has 0 spiro atoms. The number of carbonyl (C=O) groups excluding carboxylic acids is 1. The second-order valence-electron chi connectivity index (χ2n) is 8.21. The molecule has 0 bridgehead atoms. The maximum Gasteiger partial charge on any atom is 0.264 e. The lowest BCUT2D eigenvalue weighted by molar-refractivity contribution is -0.114. The van der Waals surface area contributed by atoms with Crippen LogP contribution < -0.4 is 19.1 Å². The highest BCUT2D eigenvalue weighted by Crippen LogP contribution is 2.27. The van der Waals surface area contributed by atoms with Crippen LogP contribution in [0.25, 0.3) is 0 Å². The first-order valence-corrected chi connectivity index (χ1v) is 14.8. The van der Waals surface area contributed by atoms with Gasteiger partial charge in [-0.1, -0.05) is 35.9 Å². The average molecular weight is 586 g/mol. The van der Waals surface area contributed by atoms with Gasteiger partial charge in [0.25, 0.3) is 20.0 Å². The lowest BCUT2D eigenvalue weighted by Crippen LogP contribution is -2.38. The van der Waals surface area contributed by atoms with Crippen molar-refractivity contribution < 1.29 is 26.4 Å². The molecule has 0 aliphatic carbocycles. The summed E-state index contributed by atoms with van der Waals surface area (Å²) in [5.74, 6) is -0.171. The van der Waals surface area contributed by atoms with E-state index in [2.05, 4.69) is 10.0 Å². The molecular weight excluding hydrogens is 562 g/mol. The van der Waals surface area contributed by atoms with Crippen LogP contribution in [-0.4, -0.2) is 36.4 Å². The van der Waals surface area contributed by atoms with Crippen LogP contribution in [0.15, 0.2) is 113 Å². The molecule has 4 aromatic rings. The largest absolute Gasteiger partial charge is 0.497 e. The van der Waals surface area contributed by atoms with E-state index in [9.17, 15) is 21.6 Å². The molecule has 12 heteroatoms. The lowest BCUT2D eigenvalue weighted by Gasteiger charge is -2.24. The molecule has 1 amide bonds. The smallest absolute Gasteiger partial charge is 0.264 e. The summed E-state index contributed by atoms with van der Waals surface area (Å²) in [5.41, 5.74) is 0.891. The first-order chi connectivity index (χ1) is 18.6. The van der Waals surface area contributed by atoms with Crippen LogP contribution in [0.5, 0.6) is 5.75 Å². The van der Waals surface area contributed by atoms with E-state index in [4.69, 9.17) is 16.3 Å². The van der Waals surface area contributed by atoms with Crippen LogP contribution in [0.2, 0.25) is 5.02 Å². The quantitative estimate of drug-likeness (QED) is 0.271. The Hall–Kier alpha value is -4.06. The van der Waals surface area contributed by atoms with Gasteiger partial charge in [0.1, 0.15) is 12.3 Å². The number of methoxy groups -OCH3 is 1. The van der Waals surface area contributed by atoms with Crippen molar-refractivity contribution in [2.45, 2.75) is 9.79 Å². The standard InChI is InChI=1S/C27H24ClN3O6S2/c1-37-24-12-16-26(17-13-24)39(35,36)31(23-9-5-6-20(28)18-23)19-27(32)29-21-10-14-25(15-11-21)38(33,34)30-22-7-3-2-4-8-22/h2-18,30H,19H2,1H3,(H,29,32). The summed E-state index contributed by atoms with van der Waals surface area (Å²) in [6.07, 6.45) is 0. The first-order valence-electron chi connectivity index (χ1n) is 11.5. The molecule has 2 N–H and O–H groups in total. The van der Waals surface area contributed by atoms with Crippen molar-refractivity contribution in [1.29, 1.82) is 0 Å². The fourth-order valence-corrected chi connectivity index (χ4v) is 6.25. The summed E-state index contributed by atoms with van der Waals surface area (Å²) >= 11 is 6.10. The zero-order valence-electron chi connectivity index (χ0n) is 20.6. The average Bonchev–Trinajstić information content (AvgIpc) is 2.92. The van der Waals surface area contributed by atoms with Crippen LogP contribution in [0.3, 0.4) is 0 Å². The van der Waals surface area contributed by atoms with Gasteiger partial charge < -0.3 is 10.1 Å². The highest BCUT2D eigenvalue weighted by atomic mass is 35.5. The van der Waals surface area contributed by atoms with Crippen molar-refractivity contribution in [3.63, 3.8) is 0 Å². The monoisotopic (exact) mass is 585 g/mol. The molecule has 0 atom stereocenters. The zero-order valence-corrected chi connectivity index (χ0v) is 23.0. The molecule has 39 heavy (non-hydrogen) atoms. The van der Waals surface area contributed by atoms with Crippen LogP contribution in [-0.2, 0) is 24.8 Å². The van der Waals surface area contributed by atoms with Gasteiger partial charge in [0, 0.05) is 16.4 Å². The first kappa shape index (κ1) is 28.0. The Morgan fingerprint density at radius 1 is 0.795 bits per heavy atom. The zero-order chi connectivity index (χ0) is 28.0. The number of hydrogen-bond acceptors (Lipinski definition) is 6. The van der Waals surface area contributed by atoms with E-state index in [1.54, 1.807) is 42.5 Å². The molecule has 0 saturated carbocycles. The molecule has 0 radical (unpaired) electrons. The van der Waals surface area contributed by atoms with Crippen LogP contribution in [0.4, 0.5) is 17.1 Å². The highest BCUT2D eigenvalue weighted by molar-refractivity contribution is 7.93. The van der Waals surface area contributed by atoms with Crippen molar-refractivity contribution in [3.05, 3.63) is 108 Å². The van der Waals surface area contributed by atoms with E-state index in [-0.39, 0.29) is 21.2 Å². The molecule has 202 valence electrons. The number of benzene rings is 4. The number of para-hydroxylation sites is 1. The maximum atomic E-state index is 13.5. The fourth-order valence-electron chi connectivity index (χ4n) is 3.59. The summed E-state index contributed by atoms with van der Waals surface area (Å²) in [7, 11) is -6.55. The van der Waals surface area contributed by atoms with Gasteiger partial charge in [0.15, 0.2) is 0 Å². The third kappa shape index (κ3) is 6.88. The number of carbonyl (C=O) groups is 1. The van der Waals surface area contributed by atoms with Gasteiger partial charge in [-0.2, -0.15) is 0 Å². The molecule has 0 aliphatic rings. The number of ether oxygens (including phenoxy) is 1. The number of anilines is 3. The number of halogens is 1. The number of rotatable bonds is 10. The number of amides is 1. The van der Waals surface area contributed by atoms with E-state index in [1.807, 2.05) is 0 Å². The minimum atomic E-state index is -4.17. The van der Waals surface area contributed by atoms with Crippen molar-refractivity contribution in [3.8, 4) is 5.75 Å². The fraction of sp³-hybridized carbons (Fsp3) is 0.0741. The van der Waals surface area contributed by atoms with Crippen LogP contribution in [0, 0.1) is 0 Å². The van der Waals surface area contributed by atoms with E-state index < -0.39 is 32.5 Å². The number of hydrogen-bond donors (Lipinski definition) is 2. The van der Waals surface area contributed by atoms with Crippen molar-refractivity contribution in [1.82, 2.24) is 0 Å².